The number of fused-ring (bicyclic) bond motifs is 1. The first-order chi connectivity index (χ1) is 8.56. The van der Waals surface area contributed by atoms with E-state index in [1.54, 1.807) is 0 Å². The van der Waals surface area contributed by atoms with Crippen LogP contribution >= 0.6 is 0 Å². The van der Waals surface area contributed by atoms with Gasteiger partial charge >= 0.3 is 0 Å². The number of Topliss-reactive ketones (excluding diaryl/α,β-unsaturated/α-hetero) is 1. The molecule has 0 amide bonds. The van der Waals surface area contributed by atoms with E-state index in [-0.39, 0.29) is 0 Å². The van der Waals surface area contributed by atoms with E-state index in [2.05, 4.69) is 36.8 Å². The first-order valence-corrected chi connectivity index (χ1v) is 6.88. The Morgan fingerprint density at radius 3 is 2.78 bits per heavy atom. The number of nitrogens with zero attached hydrogens (tertiary/aromatic N) is 2. The smallest absolute Gasteiger partial charge is 0.155 e. The van der Waals surface area contributed by atoms with E-state index in [4.69, 9.17) is 0 Å². The Morgan fingerprint density at radius 1 is 1.22 bits per heavy atom. The molecule has 100 valence electrons. The highest BCUT2D eigenvalue weighted by atomic mass is 16.1. The molecule has 2 rings (SSSR count). The molecule has 2 atom stereocenters. The van der Waals surface area contributed by atoms with E-state index >= 15 is 0 Å². The quantitative estimate of drug-likeness (QED) is 0.654. The fourth-order valence-electron chi connectivity index (χ4n) is 3.09. The molecule has 0 unspecified atom stereocenters. The number of hydrogen-bond acceptors (Lipinski definition) is 3. The van der Waals surface area contributed by atoms with E-state index in [0.29, 0.717) is 30.6 Å². The number of hydrogen-bond donors (Lipinski definition) is 0. The van der Waals surface area contributed by atoms with Gasteiger partial charge in [0.25, 0.3) is 0 Å². The average molecular weight is 248 g/mol. The van der Waals surface area contributed by atoms with Crippen molar-refractivity contribution in [3.63, 3.8) is 0 Å². The summed E-state index contributed by atoms with van der Waals surface area (Å²) in [5.41, 5.74) is 1.32. The number of carbonyl (C=O) groups excluding carboxylic acids is 1. The first kappa shape index (κ1) is 13.3. The molecule has 0 aromatic heterocycles. The molecule has 1 fully saturated rings. The van der Waals surface area contributed by atoms with Crippen LogP contribution in [0.1, 0.15) is 20.3 Å². The van der Waals surface area contributed by atoms with Gasteiger partial charge in [-0.15, -0.1) is 0 Å². The average Bonchev–Trinajstić information content (AvgIpc) is 2.23. The summed E-state index contributed by atoms with van der Waals surface area (Å²) in [5.74, 6) is 1.41. The van der Waals surface area contributed by atoms with E-state index in [1.165, 1.54) is 5.70 Å². The lowest BCUT2D eigenvalue weighted by atomic mass is 9.98. The van der Waals surface area contributed by atoms with Crippen molar-refractivity contribution < 1.29 is 4.79 Å². The lowest BCUT2D eigenvalue weighted by Crippen LogP contribution is -2.43. The van der Waals surface area contributed by atoms with Crippen LogP contribution in [0.25, 0.3) is 0 Å². The molecule has 0 aromatic carbocycles. The van der Waals surface area contributed by atoms with Gasteiger partial charge in [-0.05, 0) is 19.0 Å². The molecule has 0 saturated carbocycles. The third-order valence-electron chi connectivity index (χ3n) is 3.73. The topological polar surface area (TPSA) is 23.6 Å². The van der Waals surface area contributed by atoms with Crippen LogP contribution in [0.2, 0.25) is 0 Å². The summed E-state index contributed by atoms with van der Waals surface area (Å²) in [6.45, 7) is 8.26. The predicted octanol–water partition coefficient (Wildman–Crippen LogP) is 1.92. The van der Waals surface area contributed by atoms with Crippen molar-refractivity contribution >= 4 is 5.78 Å². The van der Waals surface area contributed by atoms with Crippen LogP contribution in [0.3, 0.4) is 0 Å². The van der Waals surface area contributed by atoms with Crippen molar-refractivity contribution in [1.82, 2.24) is 9.80 Å². The van der Waals surface area contributed by atoms with Gasteiger partial charge in [0.2, 0.25) is 0 Å². The highest BCUT2D eigenvalue weighted by molar-refractivity contribution is 5.82. The lowest BCUT2D eigenvalue weighted by Gasteiger charge is -2.38. The SMILES string of the molecule is C[C@@H]1CN(C)C[C@@H](C)C2=CC=CCC(=O)CN2C1. The second-order valence-electron chi connectivity index (χ2n) is 5.87. The maximum atomic E-state index is 11.8. The Labute approximate surface area is 110 Å². The van der Waals surface area contributed by atoms with Crippen LogP contribution in [0.4, 0.5) is 0 Å². The Balaban J connectivity index is 2.26. The van der Waals surface area contributed by atoms with Crippen LogP contribution in [-0.2, 0) is 4.79 Å². The molecule has 0 N–H and O–H groups in total. The Morgan fingerprint density at radius 2 is 2.00 bits per heavy atom. The third-order valence-corrected chi connectivity index (χ3v) is 3.73. The number of ketones is 1. The van der Waals surface area contributed by atoms with Gasteiger partial charge in [0.05, 0.1) is 6.54 Å². The number of rotatable bonds is 0. The summed E-state index contributed by atoms with van der Waals surface area (Å²) in [5, 5.41) is 0. The van der Waals surface area contributed by atoms with Crippen molar-refractivity contribution in [1.29, 1.82) is 0 Å². The molecule has 2 aliphatic rings. The summed E-state index contributed by atoms with van der Waals surface area (Å²) < 4.78 is 0. The molecule has 0 radical (unpaired) electrons. The standard InChI is InChI=1S/C15H24N2O/c1-12-8-16(3)10-13(2)15-7-5-4-6-14(18)11-17(15)9-12/h4-5,7,12-13H,6,8-11H2,1-3H3/t12-,13-/m1/s1. The molecule has 3 heteroatoms. The van der Waals surface area contributed by atoms with Crippen LogP contribution in [-0.4, -0.2) is 48.8 Å². The van der Waals surface area contributed by atoms with Gasteiger partial charge in [0.15, 0.2) is 5.78 Å². The second-order valence-corrected chi connectivity index (χ2v) is 5.87. The van der Waals surface area contributed by atoms with Gasteiger partial charge in [-0.1, -0.05) is 26.0 Å². The van der Waals surface area contributed by atoms with E-state index < -0.39 is 0 Å². The minimum Gasteiger partial charge on any atom is -0.367 e. The third kappa shape index (κ3) is 3.22. The summed E-state index contributed by atoms with van der Waals surface area (Å²) >= 11 is 0. The molecular formula is C15H24N2O. The van der Waals surface area contributed by atoms with Gasteiger partial charge in [-0.2, -0.15) is 0 Å². The number of carbonyl (C=O) groups is 1. The van der Waals surface area contributed by atoms with Gasteiger partial charge in [-0.25, -0.2) is 0 Å². The molecule has 18 heavy (non-hydrogen) atoms. The maximum Gasteiger partial charge on any atom is 0.155 e. The fourth-order valence-corrected chi connectivity index (χ4v) is 3.09. The van der Waals surface area contributed by atoms with Gasteiger partial charge in [0.1, 0.15) is 0 Å². The zero-order chi connectivity index (χ0) is 13.1. The minimum atomic E-state index is 0.324. The monoisotopic (exact) mass is 248 g/mol. The molecule has 2 heterocycles. The predicted molar refractivity (Wildman–Crippen MR) is 74.2 cm³/mol. The number of allylic oxidation sites excluding steroid dienone is 3. The van der Waals surface area contributed by atoms with Crippen LogP contribution < -0.4 is 0 Å². The van der Waals surface area contributed by atoms with Crippen molar-refractivity contribution in [2.45, 2.75) is 20.3 Å². The molecule has 2 aliphatic heterocycles. The van der Waals surface area contributed by atoms with Crippen LogP contribution in [0.15, 0.2) is 23.9 Å². The molecule has 0 aliphatic carbocycles. The summed E-state index contributed by atoms with van der Waals surface area (Å²) in [6.07, 6.45) is 6.79. The van der Waals surface area contributed by atoms with Crippen molar-refractivity contribution in [3.8, 4) is 0 Å². The molecule has 0 spiro atoms. The molecular weight excluding hydrogens is 224 g/mol. The fraction of sp³-hybridized carbons (Fsp3) is 0.667. The van der Waals surface area contributed by atoms with Gasteiger partial charge in [-0.3, -0.25) is 4.79 Å². The second kappa shape index (κ2) is 5.70. The summed E-state index contributed by atoms with van der Waals surface area (Å²) in [6, 6.07) is 0. The van der Waals surface area contributed by atoms with Gasteiger partial charge in [0, 0.05) is 37.7 Å². The normalized spacial score (nSPS) is 30.9. The largest absolute Gasteiger partial charge is 0.367 e. The highest BCUT2D eigenvalue weighted by Crippen LogP contribution is 2.23. The zero-order valence-corrected chi connectivity index (χ0v) is 11.7. The first-order valence-electron chi connectivity index (χ1n) is 6.88. The van der Waals surface area contributed by atoms with Crippen LogP contribution in [0, 0.1) is 11.8 Å². The Kier molecular flexibility index (Phi) is 4.23. The Bertz CT molecular complexity index is 373. The molecule has 3 nitrogen and oxygen atoms in total. The van der Waals surface area contributed by atoms with Crippen LogP contribution in [0.5, 0.6) is 0 Å². The van der Waals surface area contributed by atoms with Crippen molar-refractivity contribution in [2.24, 2.45) is 11.8 Å². The molecule has 1 saturated heterocycles. The Hall–Kier alpha value is -1.09. The minimum absolute atomic E-state index is 0.324. The van der Waals surface area contributed by atoms with E-state index in [0.717, 1.165) is 19.6 Å². The van der Waals surface area contributed by atoms with Gasteiger partial charge < -0.3 is 9.80 Å². The molecule has 0 bridgehead atoms. The lowest BCUT2D eigenvalue weighted by molar-refractivity contribution is -0.119. The summed E-state index contributed by atoms with van der Waals surface area (Å²) in [7, 11) is 2.19. The zero-order valence-electron chi connectivity index (χ0n) is 11.7. The van der Waals surface area contributed by atoms with E-state index in [9.17, 15) is 4.79 Å². The summed E-state index contributed by atoms with van der Waals surface area (Å²) in [4.78, 5) is 16.5. The van der Waals surface area contributed by atoms with E-state index in [1.807, 2.05) is 12.2 Å². The van der Waals surface area contributed by atoms with Crippen molar-refractivity contribution in [3.05, 3.63) is 23.9 Å². The highest BCUT2D eigenvalue weighted by Gasteiger charge is 2.25. The molecule has 0 aromatic rings. The maximum absolute atomic E-state index is 11.8. The van der Waals surface area contributed by atoms with Crippen molar-refractivity contribution in [2.75, 3.05) is 33.2 Å².